The Labute approximate surface area is 134 Å². The molecule has 1 N–H and O–H groups in total. The molecule has 116 valence electrons. The number of carbonyl (C=O) groups is 1. The molecule has 0 saturated heterocycles. The van der Waals surface area contributed by atoms with Crippen molar-refractivity contribution in [2.75, 3.05) is 0 Å². The number of aryl methyl sites for hydroxylation is 1. The third kappa shape index (κ3) is 3.22. The number of aromatic nitrogens is 1. The van der Waals surface area contributed by atoms with Crippen LogP contribution in [0.5, 0.6) is 0 Å². The van der Waals surface area contributed by atoms with Crippen LogP contribution in [-0.2, 0) is 10.0 Å². The van der Waals surface area contributed by atoms with Crippen LogP contribution in [0.25, 0.3) is 10.9 Å². The summed E-state index contributed by atoms with van der Waals surface area (Å²) in [5.74, 6) is -0.670. The molecule has 0 fully saturated rings. The van der Waals surface area contributed by atoms with Gasteiger partial charge in [0.15, 0.2) is 0 Å². The molecule has 0 atom stereocenters. The molecule has 0 saturated carbocycles. The Morgan fingerprint density at radius 1 is 1.04 bits per heavy atom. The summed E-state index contributed by atoms with van der Waals surface area (Å²) in [6, 6.07) is 14.7. The molecule has 23 heavy (non-hydrogen) atoms. The molecular formula is C17H14N2O3S. The third-order valence-corrected chi connectivity index (χ3v) is 4.77. The van der Waals surface area contributed by atoms with Gasteiger partial charge < -0.3 is 0 Å². The summed E-state index contributed by atoms with van der Waals surface area (Å²) in [7, 11) is -3.89. The van der Waals surface area contributed by atoms with Crippen LogP contribution < -0.4 is 4.72 Å². The van der Waals surface area contributed by atoms with E-state index in [0.717, 1.165) is 16.5 Å². The number of rotatable bonds is 3. The van der Waals surface area contributed by atoms with Gasteiger partial charge in [-0.05, 0) is 43.3 Å². The average molecular weight is 326 g/mol. The minimum atomic E-state index is -3.89. The van der Waals surface area contributed by atoms with Crippen molar-refractivity contribution in [3.05, 3.63) is 71.9 Å². The van der Waals surface area contributed by atoms with Gasteiger partial charge in [-0.3, -0.25) is 9.78 Å². The molecule has 1 amide bonds. The van der Waals surface area contributed by atoms with E-state index in [2.05, 4.69) is 9.71 Å². The fourth-order valence-electron chi connectivity index (χ4n) is 2.17. The molecule has 0 unspecified atom stereocenters. The fourth-order valence-corrected chi connectivity index (χ4v) is 3.15. The number of nitrogens with zero attached hydrogens (tertiary/aromatic N) is 1. The van der Waals surface area contributed by atoms with Crippen LogP contribution in [-0.4, -0.2) is 19.3 Å². The van der Waals surface area contributed by atoms with Crippen molar-refractivity contribution < 1.29 is 13.2 Å². The maximum Gasteiger partial charge on any atom is 0.265 e. The highest BCUT2D eigenvalue weighted by Gasteiger charge is 2.18. The van der Waals surface area contributed by atoms with E-state index < -0.39 is 15.9 Å². The smallest absolute Gasteiger partial charge is 0.265 e. The molecule has 0 radical (unpaired) electrons. The van der Waals surface area contributed by atoms with Crippen molar-refractivity contribution in [1.29, 1.82) is 0 Å². The van der Waals surface area contributed by atoms with Gasteiger partial charge >= 0.3 is 0 Å². The zero-order valence-corrected chi connectivity index (χ0v) is 13.2. The SMILES string of the molecule is Cc1ccc(S(=O)(=O)NC(=O)c2ccc3ncccc3c2)cc1. The van der Waals surface area contributed by atoms with E-state index in [0.29, 0.717) is 0 Å². The van der Waals surface area contributed by atoms with Gasteiger partial charge in [0.25, 0.3) is 15.9 Å². The van der Waals surface area contributed by atoms with E-state index in [1.165, 1.54) is 12.1 Å². The van der Waals surface area contributed by atoms with Crippen LogP contribution in [0.1, 0.15) is 15.9 Å². The molecule has 1 heterocycles. The first-order chi connectivity index (χ1) is 11.0. The van der Waals surface area contributed by atoms with Crippen molar-refractivity contribution in [3.63, 3.8) is 0 Å². The van der Waals surface area contributed by atoms with Gasteiger partial charge in [-0.2, -0.15) is 0 Å². The highest BCUT2D eigenvalue weighted by molar-refractivity contribution is 7.90. The number of hydrogen-bond donors (Lipinski definition) is 1. The topological polar surface area (TPSA) is 76.1 Å². The second kappa shape index (κ2) is 5.81. The van der Waals surface area contributed by atoms with Crippen molar-refractivity contribution in [3.8, 4) is 0 Å². The fraction of sp³-hybridized carbons (Fsp3) is 0.0588. The number of pyridine rings is 1. The molecule has 3 rings (SSSR count). The Balaban J connectivity index is 1.88. The third-order valence-electron chi connectivity index (χ3n) is 3.42. The summed E-state index contributed by atoms with van der Waals surface area (Å²) >= 11 is 0. The van der Waals surface area contributed by atoms with Crippen LogP contribution in [0.15, 0.2) is 65.7 Å². The zero-order valence-electron chi connectivity index (χ0n) is 12.4. The van der Waals surface area contributed by atoms with Gasteiger partial charge in [0.1, 0.15) is 0 Å². The first-order valence-corrected chi connectivity index (χ1v) is 8.43. The number of fused-ring (bicyclic) bond motifs is 1. The van der Waals surface area contributed by atoms with Crippen molar-refractivity contribution in [1.82, 2.24) is 9.71 Å². The van der Waals surface area contributed by atoms with Crippen molar-refractivity contribution in [2.45, 2.75) is 11.8 Å². The normalized spacial score (nSPS) is 11.3. The minimum Gasteiger partial charge on any atom is -0.268 e. The van der Waals surface area contributed by atoms with Gasteiger partial charge in [-0.1, -0.05) is 23.8 Å². The molecule has 6 heteroatoms. The molecular weight excluding hydrogens is 312 g/mol. The lowest BCUT2D eigenvalue weighted by molar-refractivity contribution is 0.0981. The van der Waals surface area contributed by atoms with Crippen LogP contribution in [0.4, 0.5) is 0 Å². The number of hydrogen-bond acceptors (Lipinski definition) is 4. The Kier molecular flexibility index (Phi) is 3.83. The summed E-state index contributed by atoms with van der Waals surface area (Å²) < 4.78 is 26.6. The van der Waals surface area contributed by atoms with E-state index in [-0.39, 0.29) is 10.5 Å². The van der Waals surface area contributed by atoms with E-state index >= 15 is 0 Å². The molecule has 3 aromatic rings. The molecule has 0 spiro atoms. The molecule has 0 bridgehead atoms. The Hall–Kier alpha value is -2.73. The maximum atomic E-state index is 12.2. The van der Waals surface area contributed by atoms with Gasteiger partial charge in [-0.25, -0.2) is 13.1 Å². The predicted octanol–water partition coefficient (Wildman–Crippen LogP) is 2.66. The van der Waals surface area contributed by atoms with Crippen molar-refractivity contribution >= 4 is 26.8 Å². The predicted molar refractivity (Wildman–Crippen MR) is 87.6 cm³/mol. The highest BCUT2D eigenvalue weighted by Crippen LogP contribution is 2.15. The highest BCUT2D eigenvalue weighted by atomic mass is 32.2. The van der Waals surface area contributed by atoms with Crippen LogP contribution >= 0.6 is 0 Å². The van der Waals surface area contributed by atoms with Crippen LogP contribution in [0.2, 0.25) is 0 Å². The lowest BCUT2D eigenvalue weighted by Gasteiger charge is -2.08. The largest absolute Gasteiger partial charge is 0.268 e. The minimum absolute atomic E-state index is 0.0545. The summed E-state index contributed by atoms with van der Waals surface area (Å²) in [6.07, 6.45) is 1.66. The van der Waals surface area contributed by atoms with Crippen LogP contribution in [0, 0.1) is 6.92 Å². The monoisotopic (exact) mass is 326 g/mol. The number of benzene rings is 2. The quantitative estimate of drug-likeness (QED) is 0.803. The summed E-state index contributed by atoms with van der Waals surface area (Å²) in [5.41, 5.74) is 1.95. The first-order valence-electron chi connectivity index (χ1n) is 6.94. The van der Waals surface area contributed by atoms with E-state index in [4.69, 9.17) is 0 Å². The zero-order chi connectivity index (χ0) is 16.4. The standard InChI is InChI=1S/C17H14N2O3S/c1-12-4-7-15(8-5-12)23(21,22)19-17(20)14-6-9-16-13(11-14)3-2-10-18-16/h2-11H,1H3,(H,19,20). The molecule has 5 nitrogen and oxygen atoms in total. The number of nitrogens with one attached hydrogen (secondary N) is 1. The second-order valence-corrected chi connectivity index (χ2v) is 6.84. The summed E-state index contributed by atoms with van der Waals surface area (Å²) in [4.78, 5) is 16.5. The number of amides is 1. The molecule has 2 aromatic carbocycles. The summed E-state index contributed by atoms with van der Waals surface area (Å²) in [6.45, 7) is 1.86. The van der Waals surface area contributed by atoms with E-state index in [1.54, 1.807) is 42.6 Å². The number of carbonyl (C=O) groups excluding carboxylic acids is 1. The molecule has 0 aliphatic carbocycles. The second-order valence-electron chi connectivity index (χ2n) is 5.16. The molecule has 1 aromatic heterocycles. The Morgan fingerprint density at radius 2 is 1.78 bits per heavy atom. The number of sulfonamides is 1. The Bertz CT molecular complexity index is 980. The maximum absolute atomic E-state index is 12.2. The Morgan fingerprint density at radius 3 is 2.52 bits per heavy atom. The van der Waals surface area contributed by atoms with Gasteiger partial charge in [-0.15, -0.1) is 0 Å². The van der Waals surface area contributed by atoms with Crippen LogP contribution in [0.3, 0.4) is 0 Å². The summed E-state index contributed by atoms with van der Waals surface area (Å²) in [5, 5.41) is 0.771. The average Bonchev–Trinajstić information content (AvgIpc) is 2.54. The van der Waals surface area contributed by atoms with E-state index in [9.17, 15) is 13.2 Å². The van der Waals surface area contributed by atoms with Gasteiger partial charge in [0, 0.05) is 17.1 Å². The van der Waals surface area contributed by atoms with Gasteiger partial charge in [0.2, 0.25) is 0 Å². The lowest BCUT2D eigenvalue weighted by Crippen LogP contribution is -2.30. The lowest BCUT2D eigenvalue weighted by atomic mass is 10.1. The molecule has 0 aliphatic rings. The molecule has 0 aliphatic heterocycles. The van der Waals surface area contributed by atoms with Gasteiger partial charge in [0.05, 0.1) is 10.4 Å². The van der Waals surface area contributed by atoms with Crippen molar-refractivity contribution in [2.24, 2.45) is 0 Å². The van der Waals surface area contributed by atoms with E-state index in [1.807, 2.05) is 13.0 Å². The first kappa shape index (κ1) is 15.2.